The van der Waals surface area contributed by atoms with E-state index in [4.69, 9.17) is 10.5 Å². The number of sulfone groups is 1. The number of nitrogens with one attached hydrogen (secondary N) is 1. The molecule has 1 fully saturated rings. The topological polar surface area (TPSA) is 122 Å². The number of hydrogen-bond acceptors (Lipinski definition) is 7. The minimum atomic E-state index is -4.10. The number of carbonyl (C=O) groups excluding carboxylic acids is 1. The Labute approximate surface area is 170 Å². The van der Waals surface area contributed by atoms with Gasteiger partial charge in [-0.3, -0.25) is 14.9 Å². The van der Waals surface area contributed by atoms with E-state index >= 15 is 0 Å². The first-order chi connectivity index (χ1) is 13.8. The molecule has 0 unspecified atom stereocenters. The van der Waals surface area contributed by atoms with Gasteiger partial charge in [-0.25, -0.2) is 13.9 Å². The molecule has 0 radical (unpaired) electrons. The van der Waals surface area contributed by atoms with Crippen LogP contribution in [0.5, 0.6) is 5.75 Å². The maximum absolute atomic E-state index is 13.6. The first kappa shape index (κ1) is 21.1. The highest BCUT2D eigenvalue weighted by atomic mass is 32.2. The van der Waals surface area contributed by atoms with Crippen molar-refractivity contribution in [2.45, 2.75) is 36.1 Å². The number of nitrogens with two attached hydrogens (primary N) is 1. The van der Waals surface area contributed by atoms with Crippen molar-refractivity contribution in [1.29, 1.82) is 0 Å². The Hall–Kier alpha value is -2.62. The molecule has 0 spiro atoms. The molecule has 1 aliphatic rings. The zero-order chi connectivity index (χ0) is 21.2. The Balaban J connectivity index is 2.24. The number of nitrogens with zero attached hydrogens (tertiary/aromatic N) is 1. The number of benzene rings is 2. The van der Waals surface area contributed by atoms with Gasteiger partial charge in [-0.2, -0.15) is 0 Å². The van der Waals surface area contributed by atoms with Gasteiger partial charge in [0.1, 0.15) is 5.75 Å². The van der Waals surface area contributed by atoms with Gasteiger partial charge in [0.2, 0.25) is 9.84 Å². The standard InChI is InChI=1S/C20H25N3O5S/c1-13-11-16(20(24)22-25)19(17(18(13)21)12-23-9-3-4-10-23)29(26,27)15-7-5-14(28-2)6-8-15/h5-8,11,25H,3-4,9-10,12,21H2,1-2H3,(H,22,24). The number of likely N-dealkylation sites (tertiary alicyclic amines) is 1. The summed E-state index contributed by atoms with van der Waals surface area (Å²) in [5, 5.41) is 9.20. The summed E-state index contributed by atoms with van der Waals surface area (Å²) >= 11 is 0. The molecular formula is C20H25N3O5S. The smallest absolute Gasteiger partial charge is 0.275 e. The quantitative estimate of drug-likeness (QED) is 0.372. The van der Waals surface area contributed by atoms with E-state index in [0.717, 1.165) is 25.9 Å². The molecule has 1 heterocycles. The van der Waals surface area contributed by atoms with Crippen LogP contribution in [0.25, 0.3) is 0 Å². The summed E-state index contributed by atoms with van der Waals surface area (Å²) < 4.78 is 32.2. The van der Waals surface area contributed by atoms with Gasteiger partial charge in [0.15, 0.2) is 0 Å². The number of aryl methyl sites for hydroxylation is 1. The summed E-state index contributed by atoms with van der Waals surface area (Å²) in [6.07, 6.45) is 2.05. The molecule has 0 aromatic heterocycles. The first-order valence-corrected chi connectivity index (χ1v) is 10.8. The molecule has 1 aliphatic heterocycles. The second-order valence-electron chi connectivity index (χ2n) is 7.07. The average molecular weight is 420 g/mol. The van der Waals surface area contributed by atoms with Crippen LogP contribution in [0.4, 0.5) is 5.69 Å². The molecule has 0 atom stereocenters. The molecule has 0 saturated carbocycles. The fourth-order valence-corrected chi connectivity index (χ4v) is 5.28. The number of carbonyl (C=O) groups is 1. The Kier molecular flexibility index (Phi) is 6.11. The number of hydroxylamine groups is 1. The zero-order valence-electron chi connectivity index (χ0n) is 16.4. The van der Waals surface area contributed by atoms with E-state index in [0.29, 0.717) is 29.1 Å². The highest BCUT2D eigenvalue weighted by molar-refractivity contribution is 7.91. The molecule has 2 aromatic rings. The van der Waals surface area contributed by atoms with E-state index < -0.39 is 15.7 Å². The molecule has 3 rings (SSSR count). The molecular weight excluding hydrogens is 394 g/mol. The summed E-state index contributed by atoms with van der Waals surface area (Å²) in [6, 6.07) is 7.31. The molecule has 29 heavy (non-hydrogen) atoms. The lowest BCUT2D eigenvalue weighted by atomic mass is 10.0. The minimum Gasteiger partial charge on any atom is -0.497 e. The van der Waals surface area contributed by atoms with Crippen LogP contribution < -0.4 is 16.0 Å². The van der Waals surface area contributed by atoms with Crippen LogP contribution in [-0.4, -0.2) is 44.6 Å². The maximum Gasteiger partial charge on any atom is 0.275 e. The van der Waals surface area contributed by atoms with Crippen LogP contribution in [0, 0.1) is 6.92 Å². The summed E-state index contributed by atoms with van der Waals surface area (Å²) in [7, 11) is -2.61. The van der Waals surface area contributed by atoms with E-state index in [2.05, 4.69) is 4.90 Å². The molecule has 1 amide bonds. The summed E-state index contributed by atoms with van der Waals surface area (Å²) in [4.78, 5) is 14.3. The lowest BCUT2D eigenvalue weighted by Crippen LogP contribution is -2.26. The van der Waals surface area contributed by atoms with Crippen LogP contribution in [-0.2, 0) is 16.4 Å². The molecule has 4 N–H and O–H groups in total. The molecule has 156 valence electrons. The second kappa shape index (κ2) is 8.40. The normalized spacial score (nSPS) is 14.7. The largest absolute Gasteiger partial charge is 0.497 e. The number of hydrogen-bond donors (Lipinski definition) is 3. The van der Waals surface area contributed by atoms with Gasteiger partial charge < -0.3 is 10.5 Å². The lowest BCUT2D eigenvalue weighted by Gasteiger charge is -2.22. The van der Waals surface area contributed by atoms with Gasteiger partial charge in [0, 0.05) is 17.8 Å². The number of nitrogen functional groups attached to an aromatic ring is 1. The molecule has 2 aromatic carbocycles. The number of ether oxygens (including phenoxy) is 1. The van der Waals surface area contributed by atoms with Crippen molar-refractivity contribution in [3.63, 3.8) is 0 Å². The third-order valence-electron chi connectivity index (χ3n) is 5.19. The summed E-state index contributed by atoms with van der Waals surface area (Å²) in [6.45, 7) is 3.68. The SMILES string of the molecule is COc1ccc(S(=O)(=O)c2c(C(=O)NO)cc(C)c(N)c2CN2CCCC2)cc1. The predicted octanol–water partition coefficient (Wildman–Crippen LogP) is 2.13. The third kappa shape index (κ3) is 4.07. The van der Waals surface area contributed by atoms with E-state index in [1.807, 2.05) is 0 Å². The van der Waals surface area contributed by atoms with E-state index in [-0.39, 0.29) is 15.4 Å². The van der Waals surface area contributed by atoms with Crippen molar-refractivity contribution in [1.82, 2.24) is 10.4 Å². The number of anilines is 1. The summed E-state index contributed by atoms with van der Waals surface area (Å²) in [5.41, 5.74) is 8.99. The van der Waals surface area contributed by atoms with Crippen molar-refractivity contribution in [2.24, 2.45) is 0 Å². The highest BCUT2D eigenvalue weighted by Gasteiger charge is 2.31. The zero-order valence-corrected chi connectivity index (χ0v) is 17.3. The van der Waals surface area contributed by atoms with Gasteiger partial charge >= 0.3 is 0 Å². The van der Waals surface area contributed by atoms with E-state index in [1.54, 1.807) is 12.4 Å². The van der Waals surface area contributed by atoms with E-state index in [1.165, 1.54) is 37.4 Å². The minimum absolute atomic E-state index is 0.0104. The molecule has 0 bridgehead atoms. The van der Waals surface area contributed by atoms with Gasteiger partial charge in [-0.15, -0.1) is 0 Å². The van der Waals surface area contributed by atoms with Gasteiger partial charge in [-0.05, 0) is 68.8 Å². The number of methoxy groups -OCH3 is 1. The van der Waals surface area contributed by atoms with Gasteiger partial charge in [0.25, 0.3) is 5.91 Å². The van der Waals surface area contributed by atoms with Crippen LogP contribution in [0.15, 0.2) is 40.1 Å². The third-order valence-corrected chi connectivity index (χ3v) is 7.09. The lowest BCUT2D eigenvalue weighted by molar-refractivity contribution is 0.0702. The molecule has 0 aliphatic carbocycles. The number of rotatable bonds is 6. The second-order valence-corrected chi connectivity index (χ2v) is 8.95. The van der Waals surface area contributed by atoms with Crippen LogP contribution in [0.3, 0.4) is 0 Å². The fourth-order valence-electron chi connectivity index (χ4n) is 3.61. The van der Waals surface area contributed by atoms with Gasteiger partial charge in [0.05, 0.1) is 22.5 Å². The molecule has 8 nitrogen and oxygen atoms in total. The molecule has 1 saturated heterocycles. The Morgan fingerprint density at radius 3 is 2.41 bits per heavy atom. The van der Waals surface area contributed by atoms with Crippen molar-refractivity contribution < 1.29 is 23.2 Å². The van der Waals surface area contributed by atoms with Gasteiger partial charge in [-0.1, -0.05) is 0 Å². The van der Waals surface area contributed by atoms with Crippen LogP contribution in [0.2, 0.25) is 0 Å². The fraction of sp³-hybridized carbons (Fsp3) is 0.350. The Morgan fingerprint density at radius 2 is 1.86 bits per heavy atom. The monoisotopic (exact) mass is 419 g/mol. The van der Waals surface area contributed by atoms with Crippen molar-refractivity contribution in [3.8, 4) is 5.75 Å². The van der Waals surface area contributed by atoms with Crippen molar-refractivity contribution in [3.05, 3.63) is 47.0 Å². The van der Waals surface area contributed by atoms with E-state index in [9.17, 15) is 18.4 Å². The van der Waals surface area contributed by atoms with Crippen LogP contribution in [0.1, 0.15) is 34.3 Å². The van der Waals surface area contributed by atoms with Crippen LogP contribution >= 0.6 is 0 Å². The molecule has 9 heteroatoms. The number of amides is 1. The van der Waals surface area contributed by atoms with Crippen molar-refractivity contribution >= 4 is 21.4 Å². The average Bonchev–Trinajstić information content (AvgIpc) is 3.23. The van der Waals surface area contributed by atoms with Crippen molar-refractivity contribution in [2.75, 3.05) is 25.9 Å². The predicted molar refractivity (Wildman–Crippen MR) is 108 cm³/mol. The maximum atomic E-state index is 13.6. The first-order valence-electron chi connectivity index (χ1n) is 9.27. The Morgan fingerprint density at radius 1 is 1.24 bits per heavy atom. The summed E-state index contributed by atoms with van der Waals surface area (Å²) in [5.74, 6) is -0.388. The highest BCUT2D eigenvalue weighted by Crippen LogP contribution is 2.35. The Bertz CT molecular complexity index is 1010.